The lowest BCUT2D eigenvalue weighted by atomic mass is 9.83. The number of sulfonamides is 1. The van der Waals surface area contributed by atoms with Gasteiger partial charge >= 0.3 is 0 Å². The summed E-state index contributed by atoms with van der Waals surface area (Å²) >= 11 is 0. The van der Waals surface area contributed by atoms with Gasteiger partial charge in [0.05, 0.1) is 32.2 Å². The standard InChI is InChI=1S/C25H34N2O6S/c1-7-25(8-2)16-20(19-11-9-10-12-22(19)33-25)26-24(28)17(3)27(34(6,29)30)21-15-18(31-4)13-14-23(21)32-5/h9-15,17,20H,7-8,16H2,1-6H3,(H,26,28)/t17-,20-/m1/s1. The van der Waals surface area contributed by atoms with E-state index in [1.165, 1.54) is 14.2 Å². The predicted octanol–water partition coefficient (Wildman–Crippen LogP) is 4.06. The SMILES string of the molecule is CCC1(CC)C[C@@H](NC(=O)[C@@H](C)N(c2cc(OC)ccc2OC)S(C)(=O)=O)c2ccccc2O1. The number of anilines is 1. The van der Waals surface area contributed by atoms with Crippen molar-refractivity contribution in [3.05, 3.63) is 48.0 Å². The van der Waals surface area contributed by atoms with E-state index >= 15 is 0 Å². The molecular formula is C25H34N2O6S. The van der Waals surface area contributed by atoms with Crippen LogP contribution in [0.25, 0.3) is 0 Å². The van der Waals surface area contributed by atoms with Crippen molar-refractivity contribution in [3.8, 4) is 17.2 Å². The molecule has 1 aliphatic rings. The quantitative estimate of drug-likeness (QED) is 0.570. The van der Waals surface area contributed by atoms with Crippen LogP contribution in [0.1, 0.15) is 51.6 Å². The van der Waals surface area contributed by atoms with Crippen molar-refractivity contribution in [3.63, 3.8) is 0 Å². The highest BCUT2D eigenvalue weighted by molar-refractivity contribution is 7.92. The van der Waals surface area contributed by atoms with Crippen LogP contribution in [0.5, 0.6) is 17.2 Å². The van der Waals surface area contributed by atoms with Crippen molar-refractivity contribution in [1.29, 1.82) is 0 Å². The summed E-state index contributed by atoms with van der Waals surface area (Å²) in [5.41, 5.74) is 0.712. The van der Waals surface area contributed by atoms with Crippen LogP contribution in [0.4, 0.5) is 5.69 Å². The number of hydrogen-bond acceptors (Lipinski definition) is 6. The van der Waals surface area contributed by atoms with E-state index in [-0.39, 0.29) is 11.7 Å². The number of rotatable bonds is 9. The lowest BCUT2D eigenvalue weighted by Crippen LogP contribution is -2.51. The highest BCUT2D eigenvalue weighted by Crippen LogP contribution is 2.43. The smallest absolute Gasteiger partial charge is 0.244 e. The number of amides is 1. The first-order chi connectivity index (χ1) is 16.1. The summed E-state index contributed by atoms with van der Waals surface area (Å²) in [6.07, 6.45) is 3.24. The van der Waals surface area contributed by atoms with E-state index in [0.29, 0.717) is 17.9 Å². The lowest BCUT2D eigenvalue weighted by Gasteiger charge is -2.42. The molecule has 1 N–H and O–H groups in total. The zero-order chi connectivity index (χ0) is 25.1. The highest BCUT2D eigenvalue weighted by Gasteiger charge is 2.40. The fraction of sp³-hybridized carbons (Fsp3) is 0.480. The van der Waals surface area contributed by atoms with Gasteiger partial charge in [-0.15, -0.1) is 0 Å². The van der Waals surface area contributed by atoms with Gasteiger partial charge in [-0.25, -0.2) is 8.42 Å². The number of para-hydroxylation sites is 1. The molecule has 0 fully saturated rings. The van der Waals surface area contributed by atoms with Crippen LogP contribution in [0.15, 0.2) is 42.5 Å². The zero-order valence-corrected chi connectivity index (χ0v) is 21.4. The first-order valence-electron chi connectivity index (χ1n) is 11.4. The molecule has 0 unspecified atom stereocenters. The summed E-state index contributed by atoms with van der Waals surface area (Å²) in [6.45, 7) is 5.70. The van der Waals surface area contributed by atoms with Gasteiger partial charge in [0, 0.05) is 18.1 Å². The van der Waals surface area contributed by atoms with Gasteiger partial charge in [0.15, 0.2) is 0 Å². The van der Waals surface area contributed by atoms with Crippen LogP contribution in [0.3, 0.4) is 0 Å². The number of carbonyl (C=O) groups excluding carboxylic acids is 1. The number of benzene rings is 2. The molecule has 2 aromatic carbocycles. The second-order valence-electron chi connectivity index (χ2n) is 8.57. The Balaban J connectivity index is 1.97. The minimum atomic E-state index is -3.84. The van der Waals surface area contributed by atoms with Gasteiger partial charge in [-0.1, -0.05) is 32.0 Å². The maximum Gasteiger partial charge on any atom is 0.244 e. The number of fused-ring (bicyclic) bond motifs is 1. The topological polar surface area (TPSA) is 94.2 Å². The highest BCUT2D eigenvalue weighted by atomic mass is 32.2. The number of nitrogens with one attached hydrogen (secondary N) is 1. The fourth-order valence-corrected chi connectivity index (χ4v) is 5.64. The molecule has 8 nitrogen and oxygen atoms in total. The molecule has 9 heteroatoms. The van der Waals surface area contributed by atoms with Gasteiger partial charge in [-0.3, -0.25) is 9.10 Å². The Morgan fingerprint density at radius 2 is 1.85 bits per heavy atom. The van der Waals surface area contributed by atoms with Crippen LogP contribution >= 0.6 is 0 Å². The number of hydrogen-bond donors (Lipinski definition) is 1. The van der Waals surface area contributed by atoms with E-state index in [1.807, 2.05) is 24.3 Å². The Morgan fingerprint density at radius 3 is 2.44 bits per heavy atom. The van der Waals surface area contributed by atoms with Gasteiger partial charge in [-0.2, -0.15) is 0 Å². The fourth-order valence-electron chi connectivity index (χ4n) is 4.47. The zero-order valence-electron chi connectivity index (χ0n) is 20.6. The molecule has 0 radical (unpaired) electrons. The van der Waals surface area contributed by atoms with E-state index in [2.05, 4.69) is 19.2 Å². The molecule has 186 valence electrons. The Labute approximate surface area is 202 Å². The molecule has 1 amide bonds. The molecule has 0 saturated carbocycles. The minimum absolute atomic E-state index is 0.232. The Bertz CT molecular complexity index is 1130. The molecule has 3 rings (SSSR count). The third-order valence-electron chi connectivity index (χ3n) is 6.51. The van der Waals surface area contributed by atoms with E-state index < -0.39 is 27.6 Å². The second-order valence-corrected chi connectivity index (χ2v) is 10.4. The Morgan fingerprint density at radius 1 is 1.18 bits per heavy atom. The van der Waals surface area contributed by atoms with E-state index in [4.69, 9.17) is 14.2 Å². The summed E-state index contributed by atoms with van der Waals surface area (Å²) in [5.74, 6) is 1.09. The van der Waals surface area contributed by atoms with Crippen LogP contribution in [0, 0.1) is 0 Å². The maximum atomic E-state index is 13.5. The predicted molar refractivity (Wildman–Crippen MR) is 132 cm³/mol. The molecule has 0 spiro atoms. The van der Waals surface area contributed by atoms with Crippen LogP contribution < -0.4 is 23.8 Å². The average Bonchev–Trinajstić information content (AvgIpc) is 2.82. The number of ether oxygens (including phenoxy) is 3. The van der Waals surface area contributed by atoms with Gasteiger partial charge < -0.3 is 19.5 Å². The lowest BCUT2D eigenvalue weighted by molar-refractivity contribution is -0.123. The largest absolute Gasteiger partial charge is 0.497 e. The van der Waals surface area contributed by atoms with Crippen molar-refractivity contribution in [1.82, 2.24) is 5.32 Å². The van der Waals surface area contributed by atoms with Crippen LogP contribution in [0.2, 0.25) is 0 Å². The van der Waals surface area contributed by atoms with Crippen LogP contribution in [-0.2, 0) is 14.8 Å². The van der Waals surface area contributed by atoms with Crippen molar-refractivity contribution in [2.45, 2.75) is 57.7 Å². The maximum absolute atomic E-state index is 13.5. The summed E-state index contributed by atoms with van der Waals surface area (Å²) in [5, 5.41) is 3.09. The van der Waals surface area contributed by atoms with E-state index in [0.717, 1.165) is 34.7 Å². The minimum Gasteiger partial charge on any atom is -0.497 e. The molecular weight excluding hydrogens is 456 g/mol. The normalized spacial score (nSPS) is 17.6. The summed E-state index contributed by atoms with van der Waals surface area (Å²) in [6, 6.07) is 11.1. The molecule has 34 heavy (non-hydrogen) atoms. The average molecular weight is 491 g/mol. The number of carbonyl (C=O) groups is 1. The van der Waals surface area contributed by atoms with Crippen molar-refractivity contribution < 1.29 is 27.4 Å². The second kappa shape index (κ2) is 10.1. The first kappa shape index (κ1) is 25.7. The monoisotopic (exact) mass is 490 g/mol. The van der Waals surface area contributed by atoms with Crippen molar-refractivity contribution >= 4 is 21.6 Å². The summed E-state index contributed by atoms with van der Waals surface area (Å²) in [7, 11) is -0.903. The Hall–Kier alpha value is -2.94. The number of nitrogens with zero attached hydrogens (tertiary/aromatic N) is 1. The number of methoxy groups -OCH3 is 2. The Kier molecular flexibility index (Phi) is 7.65. The molecule has 0 bridgehead atoms. The van der Waals surface area contributed by atoms with E-state index in [1.54, 1.807) is 25.1 Å². The van der Waals surface area contributed by atoms with Gasteiger partial charge in [-0.05, 0) is 38.0 Å². The summed E-state index contributed by atoms with van der Waals surface area (Å²) < 4.78 is 43.8. The third kappa shape index (κ3) is 5.09. The molecule has 1 heterocycles. The van der Waals surface area contributed by atoms with Gasteiger partial charge in [0.1, 0.15) is 28.9 Å². The van der Waals surface area contributed by atoms with E-state index in [9.17, 15) is 13.2 Å². The summed E-state index contributed by atoms with van der Waals surface area (Å²) in [4.78, 5) is 13.5. The molecule has 2 aromatic rings. The van der Waals surface area contributed by atoms with Gasteiger partial charge in [0.2, 0.25) is 15.9 Å². The molecule has 1 aliphatic heterocycles. The molecule has 0 aromatic heterocycles. The molecule has 0 aliphatic carbocycles. The van der Waals surface area contributed by atoms with Crippen molar-refractivity contribution in [2.24, 2.45) is 0 Å². The van der Waals surface area contributed by atoms with Crippen LogP contribution in [-0.4, -0.2) is 46.4 Å². The first-order valence-corrected chi connectivity index (χ1v) is 13.2. The molecule has 2 atom stereocenters. The third-order valence-corrected chi connectivity index (χ3v) is 7.74. The molecule has 0 saturated heterocycles. The van der Waals surface area contributed by atoms with Crippen molar-refractivity contribution in [2.75, 3.05) is 24.8 Å². The van der Waals surface area contributed by atoms with Gasteiger partial charge in [0.25, 0.3) is 0 Å².